The second-order valence-electron chi connectivity index (χ2n) is 5.30. The predicted molar refractivity (Wildman–Crippen MR) is 72.0 cm³/mol. The van der Waals surface area contributed by atoms with Crippen LogP contribution in [0.2, 0.25) is 0 Å². The lowest BCUT2D eigenvalue weighted by molar-refractivity contribution is -0.137. The van der Waals surface area contributed by atoms with Gasteiger partial charge in [-0.25, -0.2) is 4.79 Å². The molecule has 9 heteroatoms. The van der Waals surface area contributed by atoms with Gasteiger partial charge >= 0.3 is 12.1 Å². The number of ether oxygens (including phenoxy) is 1. The summed E-state index contributed by atoms with van der Waals surface area (Å²) in [4.78, 5) is 44.7. The molecule has 9 nitrogen and oxygen atoms in total. The van der Waals surface area contributed by atoms with Crippen LogP contribution in [-0.2, 0) is 19.1 Å². The van der Waals surface area contributed by atoms with Gasteiger partial charge in [0.15, 0.2) is 0 Å². The first-order chi connectivity index (χ1) is 9.51. The maximum Gasteiger partial charge on any atom is 0.408 e. The first kappa shape index (κ1) is 18.7. The van der Waals surface area contributed by atoms with E-state index in [0.717, 1.165) is 0 Å². The Morgan fingerprint density at radius 1 is 1.14 bits per heavy atom. The van der Waals surface area contributed by atoms with Crippen LogP contribution in [0, 0.1) is 0 Å². The largest absolute Gasteiger partial charge is 0.481 e. The van der Waals surface area contributed by atoms with Crippen LogP contribution in [0.25, 0.3) is 0 Å². The van der Waals surface area contributed by atoms with E-state index in [0.29, 0.717) is 0 Å². The molecule has 0 aliphatic heterocycles. The summed E-state index contributed by atoms with van der Waals surface area (Å²) in [6.45, 7) is 6.14. The summed E-state index contributed by atoms with van der Waals surface area (Å²) < 4.78 is 4.99. The summed E-state index contributed by atoms with van der Waals surface area (Å²) in [6, 6.07) is -1.14. The fourth-order valence-electron chi connectivity index (χ4n) is 1.22. The molecule has 0 aromatic heterocycles. The van der Waals surface area contributed by atoms with Crippen molar-refractivity contribution in [2.45, 2.75) is 52.2 Å². The molecule has 0 aromatic carbocycles. The van der Waals surface area contributed by atoms with Gasteiger partial charge in [0, 0.05) is 13.3 Å². The third-order valence-electron chi connectivity index (χ3n) is 2.02. The number of carbonyl (C=O) groups excluding carboxylic acids is 3. The number of aliphatic carboxylic acids is 1. The molecule has 0 radical (unpaired) electrons. The van der Waals surface area contributed by atoms with Crippen LogP contribution in [-0.4, -0.2) is 40.6 Å². The molecule has 0 saturated heterocycles. The second-order valence-corrected chi connectivity index (χ2v) is 5.30. The highest BCUT2D eigenvalue weighted by Crippen LogP contribution is 2.07. The zero-order valence-corrected chi connectivity index (χ0v) is 12.5. The number of rotatable bonds is 5. The van der Waals surface area contributed by atoms with Gasteiger partial charge in [-0.3, -0.25) is 25.2 Å². The lowest BCUT2D eigenvalue weighted by Gasteiger charge is -2.23. The van der Waals surface area contributed by atoms with Crippen molar-refractivity contribution in [2.24, 2.45) is 0 Å². The highest BCUT2D eigenvalue weighted by Gasteiger charge is 2.25. The average Bonchev–Trinajstić information content (AvgIpc) is 2.28. The molecule has 0 aromatic rings. The fourth-order valence-corrected chi connectivity index (χ4v) is 1.22. The molecule has 0 aliphatic rings. The Balaban J connectivity index is 4.64. The second kappa shape index (κ2) is 8.08. The molecule has 0 fully saturated rings. The molecule has 0 saturated carbocycles. The topological polar surface area (TPSA) is 134 Å². The van der Waals surface area contributed by atoms with Crippen LogP contribution < -0.4 is 16.2 Å². The van der Waals surface area contributed by atoms with Crippen LogP contribution in [0.4, 0.5) is 4.79 Å². The predicted octanol–water partition coefficient (Wildman–Crippen LogP) is -0.0882. The Hall–Kier alpha value is -2.32. The number of nitrogens with one attached hydrogen (secondary N) is 3. The smallest absolute Gasteiger partial charge is 0.408 e. The van der Waals surface area contributed by atoms with Gasteiger partial charge in [-0.05, 0) is 27.2 Å². The van der Waals surface area contributed by atoms with Gasteiger partial charge in [-0.1, -0.05) is 0 Å². The number of hydrogen-bond acceptors (Lipinski definition) is 5. The third kappa shape index (κ3) is 10.2. The Kier molecular flexibility index (Phi) is 7.18. The highest BCUT2D eigenvalue weighted by molar-refractivity contribution is 5.87. The fraction of sp³-hybridized carbons (Fsp3) is 0.667. The van der Waals surface area contributed by atoms with Gasteiger partial charge in [0.1, 0.15) is 11.6 Å². The molecular weight excluding hydrogens is 282 g/mol. The van der Waals surface area contributed by atoms with Crippen molar-refractivity contribution in [1.29, 1.82) is 0 Å². The van der Waals surface area contributed by atoms with E-state index in [2.05, 4.69) is 16.2 Å². The maximum atomic E-state index is 11.8. The number of hydrazine groups is 1. The Bertz CT molecular complexity index is 416. The van der Waals surface area contributed by atoms with Gasteiger partial charge in [-0.15, -0.1) is 0 Å². The number of amides is 3. The normalized spacial score (nSPS) is 12.0. The summed E-state index contributed by atoms with van der Waals surface area (Å²) in [6.07, 6.45) is -1.32. The molecule has 21 heavy (non-hydrogen) atoms. The number of carbonyl (C=O) groups is 4. The Morgan fingerprint density at radius 3 is 2.14 bits per heavy atom. The van der Waals surface area contributed by atoms with E-state index in [4.69, 9.17) is 9.84 Å². The van der Waals surface area contributed by atoms with Gasteiger partial charge in [-0.2, -0.15) is 0 Å². The zero-order chi connectivity index (χ0) is 16.6. The summed E-state index contributed by atoms with van der Waals surface area (Å²) >= 11 is 0. The Labute approximate surface area is 122 Å². The van der Waals surface area contributed by atoms with Crippen molar-refractivity contribution in [3.8, 4) is 0 Å². The van der Waals surface area contributed by atoms with Crippen LogP contribution in [0.15, 0.2) is 0 Å². The van der Waals surface area contributed by atoms with E-state index >= 15 is 0 Å². The van der Waals surface area contributed by atoms with E-state index in [-0.39, 0.29) is 12.8 Å². The van der Waals surface area contributed by atoms with E-state index in [1.165, 1.54) is 6.92 Å². The lowest BCUT2D eigenvalue weighted by atomic mass is 10.1. The van der Waals surface area contributed by atoms with E-state index < -0.39 is 35.5 Å². The number of carboxylic acids is 1. The van der Waals surface area contributed by atoms with Gasteiger partial charge in [0.05, 0.1) is 0 Å². The first-order valence-electron chi connectivity index (χ1n) is 6.29. The molecule has 0 heterocycles. The maximum absolute atomic E-state index is 11.8. The molecular formula is C12H21N3O6. The molecule has 0 spiro atoms. The minimum atomic E-state index is -1.14. The van der Waals surface area contributed by atoms with Crippen LogP contribution in [0.5, 0.6) is 0 Å². The molecule has 120 valence electrons. The summed E-state index contributed by atoms with van der Waals surface area (Å²) in [7, 11) is 0. The monoisotopic (exact) mass is 303 g/mol. The number of alkyl carbamates (subject to hydrolysis) is 1. The van der Waals surface area contributed by atoms with Crippen molar-refractivity contribution >= 4 is 23.9 Å². The molecule has 0 rings (SSSR count). The molecule has 0 aliphatic carbocycles. The summed E-state index contributed by atoms with van der Waals surface area (Å²) in [5.74, 6) is -2.35. The van der Waals surface area contributed by atoms with Gasteiger partial charge in [0.2, 0.25) is 5.91 Å². The summed E-state index contributed by atoms with van der Waals surface area (Å²) in [5.41, 5.74) is 3.37. The highest BCUT2D eigenvalue weighted by atomic mass is 16.6. The molecule has 3 amide bonds. The van der Waals surface area contributed by atoms with Crippen molar-refractivity contribution in [1.82, 2.24) is 16.2 Å². The minimum absolute atomic E-state index is 0.139. The van der Waals surface area contributed by atoms with E-state index in [1.807, 2.05) is 0 Å². The molecule has 0 bridgehead atoms. The SMILES string of the molecule is CC(=O)NNC(=O)[C@H](CCC(=O)O)NC(=O)OC(C)(C)C. The van der Waals surface area contributed by atoms with Crippen LogP contribution in [0.3, 0.4) is 0 Å². The first-order valence-corrected chi connectivity index (χ1v) is 6.29. The van der Waals surface area contributed by atoms with Crippen LogP contribution in [0.1, 0.15) is 40.5 Å². The minimum Gasteiger partial charge on any atom is -0.481 e. The van der Waals surface area contributed by atoms with E-state index in [1.54, 1.807) is 20.8 Å². The van der Waals surface area contributed by atoms with Gasteiger partial charge < -0.3 is 15.2 Å². The van der Waals surface area contributed by atoms with E-state index in [9.17, 15) is 19.2 Å². The quantitative estimate of drug-likeness (QED) is 0.524. The molecule has 1 atom stereocenters. The van der Waals surface area contributed by atoms with Crippen LogP contribution >= 0.6 is 0 Å². The van der Waals surface area contributed by atoms with Crippen molar-refractivity contribution in [2.75, 3.05) is 0 Å². The number of hydrogen-bond donors (Lipinski definition) is 4. The van der Waals surface area contributed by atoms with Crippen molar-refractivity contribution < 1.29 is 29.0 Å². The average molecular weight is 303 g/mol. The Morgan fingerprint density at radius 2 is 1.71 bits per heavy atom. The molecule has 4 N–H and O–H groups in total. The third-order valence-corrected chi connectivity index (χ3v) is 2.02. The number of carboxylic acid groups (broad SMARTS) is 1. The zero-order valence-electron chi connectivity index (χ0n) is 12.5. The van der Waals surface area contributed by atoms with Crippen molar-refractivity contribution in [3.63, 3.8) is 0 Å². The van der Waals surface area contributed by atoms with Crippen molar-refractivity contribution in [3.05, 3.63) is 0 Å². The van der Waals surface area contributed by atoms with Gasteiger partial charge in [0.25, 0.3) is 5.91 Å². The lowest BCUT2D eigenvalue weighted by Crippen LogP contribution is -2.52. The standard InChI is InChI=1S/C12H21N3O6/c1-7(16)14-15-10(19)8(5-6-9(17)18)13-11(20)21-12(2,3)4/h8H,5-6H2,1-4H3,(H,13,20)(H,14,16)(H,15,19)(H,17,18)/t8-/m0/s1. The molecule has 0 unspecified atom stereocenters. The summed E-state index contributed by atoms with van der Waals surface area (Å²) in [5, 5.41) is 10.9.